The number of esters is 1. The topological polar surface area (TPSA) is 26.3 Å². The fourth-order valence-corrected chi connectivity index (χ4v) is 1.16. The molecule has 1 unspecified atom stereocenters. The molecule has 0 aromatic heterocycles. The molecule has 0 saturated heterocycles. The number of hydrogen-bond donors (Lipinski definition) is 0. The lowest BCUT2D eigenvalue weighted by molar-refractivity contribution is -0.135. The van der Waals surface area contributed by atoms with Crippen molar-refractivity contribution in [3.05, 3.63) is 30.3 Å². The van der Waals surface area contributed by atoms with E-state index in [0.717, 1.165) is 0 Å². The van der Waals surface area contributed by atoms with Crippen LogP contribution >= 0.6 is 0 Å². The van der Waals surface area contributed by atoms with Gasteiger partial charge in [-0.15, -0.1) is 0 Å². The van der Waals surface area contributed by atoms with Gasteiger partial charge in [0.25, 0.3) is 0 Å². The van der Waals surface area contributed by atoms with Gasteiger partial charge in [-0.1, -0.05) is 39.0 Å². The van der Waals surface area contributed by atoms with Crippen LogP contribution in [0.3, 0.4) is 0 Å². The molecule has 0 aliphatic rings. The Hall–Kier alpha value is -1.31. The molecule has 2 heteroatoms. The van der Waals surface area contributed by atoms with E-state index in [1.54, 1.807) is 12.1 Å². The summed E-state index contributed by atoms with van der Waals surface area (Å²) < 4.78 is 5.20. The maximum Gasteiger partial charge on any atom is 0.311 e. The van der Waals surface area contributed by atoms with Crippen molar-refractivity contribution in [1.82, 2.24) is 0 Å². The zero-order valence-electron chi connectivity index (χ0n) is 9.57. The van der Waals surface area contributed by atoms with Crippen molar-refractivity contribution in [2.75, 3.05) is 0 Å². The quantitative estimate of drug-likeness (QED) is 0.558. The monoisotopic (exact) mass is 206 g/mol. The van der Waals surface area contributed by atoms with Crippen molar-refractivity contribution in [2.24, 2.45) is 11.8 Å². The highest BCUT2D eigenvalue weighted by Gasteiger charge is 2.13. The largest absolute Gasteiger partial charge is 0.427 e. The van der Waals surface area contributed by atoms with Crippen LogP contribution in [-0.2, 0) is 4.79 Å². The summed E-state index contributed by atoms with van der Waals surface area (Å²) in [6, 6.07) is 9.19. The fourth-order valence-electron chi connectivity index (χ4n) is 1.16. The predicted molar refractivity (Wildman–Crippen MR) is 60.7 cm³/mol. The Morgan fingerprint density at radius 1 is 1.20 bits per heavy atom. The molecule has 0 bridgehead atoms. The fraction of sp³-hybridized carbons (Fsp3) is 0.462. The van der Waals surface area contributed by atoms with Crippen molar-refractivity contribution in [3.8, 4) is 5.75 Å². The standard InChI is InChI=1S/C13H18O2/c1-10(2)11(3)9-13(14)15-12-7-5-4-6-8-12/h4-8,10-11H,9H2,1-3H3. The SMILES string of the molecule is CC(C)C(C)CC(=O)Oc1ccccc1. The highest BCUT2D eigenvalue weighted by atomic mass is 16.5. The van der Waals surface area contributed by atoms with E-state index in [0.29, 0.717) is 24.0 Å². The smallest absolute Gasteiger partial charge is 0.311 e. The summed E-state index contributed by atoms with van der Waals surface area (Å²) in [5, 5.41) is 0. The third-order valence-corrected chi connectivity index (χ3v) is 2.60. The first kappa shape index (κ1) is 11.8. The number of ether oxygens (including phenoxy) is 1. The van der Waals surface area contributed by atoms with Crippen LogP contribution in [0.15, 0.2) is 30.3 Å². The van der Waals surface area contributed by atoms with Gasteiger partial charge in [0.1, 0.15) is 5.75 Å². The first-order valence-corrected chi connectivity index (χ1v) is 5.35. The molecule has 0 fully saturated rings. The molecule has 15 heavy (non-hydrogen) atoms. The summed E-state index contributed by atoms with van der Waals surface area (Å²) in [4.78, 5) is 11.5. The van der Waals surface area contributed by atoms with Crippen LogP contribution in [0.1, 0.15) is 27.2 Å². The molecule has 0 saturated carbocycles. The van der Waals surface area contributed by atoms with Crippen molar-refractivity contribution in [1.29, 1.82) is 0 Å². The lowest BCUT2D eigenvalue weighted by atomic mass is 9.95. The highest BCUT2D eigenvalue weighted by molar-refractivity contribution is 5.72. The van der Waals surface area contributed by atoms with Crippen molar-refractivity contribution in [3.63, 3.8) is 0 Å². The van der Waals surface area contributed by atoms with Gasteiger partial charge in [-0.2, -0.15) is 0 Å². The maximum absolute atomic E-state index is 11.5. The second-order valence-electron chi connectivity index (χ2n) is 4.21. The zero-order valence-corrected chi connectivity index (χ0v) is 9.57. The van der Waals surface area contributed by atoms with Crippen LogP contribution in [-0.4, -0.2) is 5.97 Å². The molecule has 0 heterocycles. The second kappa shape index (κ2) is 5.54. The zero-order chi connectivity index (χ0) is 11.3. The summed E-state index contributed by atoms with van der Waals surface area (Å²) in [5.41, 5.74) is 0. The molecule has 82 valence electrons. The minimum Gasteiger partial charge on any atom is -0.427 e. The number of carbonyl (C=O) groups excluding carboxylic acids is 1. The summed E-state index contributed by atoms with van der Waals surface area (Å²) in [6.07, 6.45) is 0.479. The molecule has 1 atom stereocenters. The van der Waals surface area contributed by atoms with Crippen LogP contribution < -0.4 is 4.74 Å². The minimum absolute atomic E-state index is 0.151. The van der Waals surface area contributed by atoms with Gasteiger partial charge >= 0.3 is 5.97 Å². The Morgan fingerprint density at radius 2 is 1.80 bits per heavy atom. The number of para-hydroxylation sites is 1. The van der Waals surface area contributed by atoms with E-state index in [1.807, 2.05) is 18.2 Å². The van der Waals surface area contributed by atoms with E-state index in [2.05, 4.69) is 20.8 Å². The van der Waals surface area contributed by atoms with Crippen molar-refractivity contribution >= 4 is 5.97 Å². The van der Waals surface area contributed by atoms with E-state index in [1.165, 1.54) is 0 Å². The number of hydrogen-bond acceptors (Lipinski definition) is 2. The Balaban J connectivity index is 2.43. The summed E-state index contributed by atoms with van der Waals surface area (Å²) in [5.74, 6) is 1.34. The van der Waals surface area contributed by atoms with Crippen LogP contribution in [0.5, 0.6) is 5.75 Å². The number of carbonyl (C=O) groups is 1. The molecule has 1 rings (SSSR count). The van der Waals surface area contributed by atoms with E-state index in [-0.39, 0.29) is 5.97 Å². The Bertz CT molecular complexity index is 304. The van der Waals surface area contributed by atoms with Crippen LogP contribution in [0.4, 0.5) is 0 Å². The maximum atomic E-state index is 11.5. The highest BCUT2D eigenvalue weighted by Crippen LogP contribution is 2.16. The van der Waals surface area contributed by atoms with Gasteiger partial charge in [-0.05, 0) is 24.0 Å². The van der Waals surface area contributed by atoms with Crippen LogP contribution in [0.2, 0.25) is 0 Å². The molecule has 1 aromatic carbocycles. The van der Waals surface area contributed by atoms with Gasteiger partial charge in [-0.3, -0.25) is 4.79 Å². The van der Waals surface area contributed by atoms with E-state index >= 15 is 0 Å². The summed E-state index contributed by atoms with van der Waals surface area (Å²) >= 11 is 0. The molecule has 0 amide bonds. The molecular formula is C13H18O2. The Kier molecular flexibility index (Phi) is 4.35. The normalized spacial score (nSPS) is 12.5. The number of rotatable bonds is 4. The van der Waals surface area contributed by atoms with Gasteiger partial charge in [-0.25, -0.2) is 0 Å². The molecular weight excluding hydrogens is 188 g/mol. The van der Waals surface area contributed by atoms with Crippen molar-refractivity contribution < 1.29 is 9.53 Å². The average Bonchev–Trinajstić information content (AvgIpc) is 2.18. The third-order valence-electron chi connectivity index (χ3n) is 2.60. The average molecular weight is 206 g/mol. The predicted octanol–water partition coefficient (Wildman–Crippen LogP) is 3.27. The first-order chi connectivity index (χ1) is 7.09. The number of benzene rings is 1. The molecule has 0 aliphatic carbocycles. The van der Waals surface area contributed by atoms with Gasteiger partial charge < -0.3 is 4.74 Å². The lowest BCUT2D eigenvalue weighted by Gasteiger charge is -2.14. The molecule has 0 spiro atoms. The lowest BCUT2D eigenvalue weighted by Crippen LogP contribution is -2.15. The molecule has 2 nitrogen and oxygen atoms in total. The van der Waals surface area contributed by atoms with Gasteiger partial charge in [0.05, 0.1) is 0 Å². The van der Waals surface area contributed by atoms with Crippen LogP contribution in [0, 0.1) is 11.8 Å². The van der Waals surface area contributed by atoms with Crippen LogP contribution in [0.25, 0.3) is 0 Å². The molecule has 0 aliphatic heterocycles. The Labute approximate surface area is 91.3 Å². The second-order valence-corrected chi connectivity index (χ2v) is 4.21. The van der Waals surface area contributed by atoms with Crippen molar-refractivity contribution in [2.45, 2.75) is 27.2 Å². The Morgan fingerprint density at radius 3 is 2.33 bits per heavy atom. The third kappa shape index (κ3) is 4.15. The molecule has 0 N–H and O–H groups in total. The van der Waals surface area contributed by atoms with E-state index in [9.17, 15) is 4.79 Å². The minimum atomic E-state index is -0.151. The first-order valence-electron chi connectivity index (χ1n) is 5.35. The van der Waals surface area contributed by atoms with Gasteiger partial charge in [0.2, 0.25) is 0 Å². The van der Waals surface area contributed by atoms with E-state index < -0.39 is 0 Å². The molecule has 1 aromatic rings. The summed E-state index contributed by atoms with van der Waals surface area (Å²) in [7, 11) is 0. The van der Waals surface area contributed by atoms with E-state index in [4.69, 9.17) is 4.74 Å². The van der Waals surface area contributed by atoms with Gasteiger partial charge in [0, 0.05) is 6.42 Å². The van der Waals surface area contributed by atoms with Gasteiger partial charge in [0.15, 0.2) is 0 Å². The summed E-state index contributed by atoms with van der Waals surface area (Å²) in [6.45, 7) is 6.29. The molecule has 0 radical (unpaired) electrons.